The van der Waals surface area contributed by atoms with Gasteiger partial charge < -0.3 is 10.4 Å². The summed E-state index contributed by atoms with van der Waals surface area (Å²) < 4.78 is 1.99. The Hall–Kier alpha value is -3.25. The van der Waals surface area contributed by atoms with Crippen molar-refractivity contribution in [3.05, 3.63) is 72.3 Å². The van der Waals surface area contributed by atoms with E-state index in [1.165, 1.54) is 0 Å². The van der Waals surface area contributed by atoms with Crippen LogP contribution in [0, 0.1) is 6.92 Å². The highest BCUT2D eigenvalue weighted by Crippen LogP contribution is 2.22. The third-order valence-electron chi connectivity index (χ3n) is 4.24. The fourth-order valence-corrected chi connectivity index (χ4v) is 2.95. The zero-order valence-corrected chi connectivity index (χ0v) is 14.6. The van der Waals surface area contributed by atoms with Crippen LogP contribution >= 0.6 is 0 Å². The molecule has 26 heavy (non-hydrogen) atoms. The first kappa shape index (κ1) is 16.2. The van der Waals surface area contributed by atoms with Gasteiger partial charge in [0.1, 0.15) is 5.82 Å². The molecule has 0 aliphatic carbocycles. The highest BCUT2D eigenvalue weighted by Gasteiger charge is 2.11. The second-order valence-electron chi connectivity index (χ2n) is 6.17. The maximum absolute atomic E-state index is 9.61. The Bertz CT molecular complexity index is 1050. The van der Waals surface area contributed by atoms with Crippen molar-refractivity contribution in [2.24, 2.45) is 0 Å². The second-order valence-corrected chi connectivity index (χ2v) is 6.17. The molecule has 1 unspecified atom stereocenters. The maximum Gasteiger partial charge on any atom is 0.159 e. The Morgan fingerprint density at radius 3 is 2.54 bits per heavy atom. The van der Waals surface area contributed by atoms with Gasteiger partial charge in [-0.2, -0.15) is 0 Å². The Kier molecular flexibility index (Phi) is 4.10. The Labute approximate surface area is 151 Å². The minimum Gasteiger partial charge on any atom is -0.389 e. The van der Waals surface area contributed by atoms with Gasteiger partial charge in [-0.1, -0.05) is 24.3 Å². The number of nitrogens with one attached hydrogen (secondary N) is 1. The normalized spacial score (nSPS) is 12.3. The zero-order valence-electron chi connectivity index (χ0n) is 14.6. The summed E-state index contributed by atoms with van der Waals surface area (Å²) in [7, 11) is 0. The van der Waals surface area contributed by atoms with Crippen molar-refractivity contribution >= 4 is 22.5 Å². The summed E-state index contributed by atoms with van der Waals surface area (Å²) in [6.45, 7) is 3.70. The SMILES string of the molecule is Cc1nc2ccccc2n1-c1cncc(Nc2ccc(C(C)O)cc2)n1. The standard InChI is InChI=1S/C20H19N5O/c1-13(26)15-7-9-16(10-8-15)23-19-11-21-12-20(24-19)25-14(2)22-17-5-3-4-6-18(17)25/h3-13,26H,1-2H3,(H,23,24). The Balaban J connectivity index is 1.67. The lowest BCUT2D eigenvalue weighted by Gasteiger charge is -2.10. The molecule has 4 rings (SSSR count). The van der Waals surface area contributed by atoms with Gasteiger partial charge >= 0.3 is 0 Å². The summed E-state index contributed by atoms with van der Waals surface area (Å²) >= 11 is 0. The summed E-state index contributed by atoms with van der Waals surface area (Å²) in [4.78, 5) is 13.6. The smallest absolute Gasteiger partial charge is 0.159 e. The lowest BCUT2D eigenvalue weighted by molar-refractivity contribution is 0.199. The summed E-state index contributed by atoms with van der Waals surface area (Å²) in [6.07, 6.45) is 2.92. The van der Waals surface area contributed by atoms with Crippen LogP contribution < -0.4 is 5.32 Å². The van der Waals surface area contributed by atoms with E-state index in [0.717, 1.165) is 28.1 Å². The number of aromatic nitrogens is 4. The molecule has 0 aliphatic heterocycles. The minimum atomic E-state index is -0.482. The fraction of sp³-hybridized carbons (Fsp3) is 0.150. The van der Waals surface area contributed by atoms with Crippen molar-refractivity contribution < 1.29 is 5.11 Å². The zero-order chi connectivity index (χ0) is 18.1. The molecule has 2 heterocycles. The molecule has 0 radical (unpaired) electrons. The average molecular weight is 345 g/mol. The lowest BCUT2D eigenvalue weighted by atomic mass is 10.1. The first-order valence-corrected chi connectivity index (χ1v) is 8.43. The third kappa shape index (κ3) is 3.02. The first-order chi connectivity index (χ1) is 12.6. The van der Waals surface area contributed by atoms with Crippen molar-refractivity contribution in [1.29, 1.82) is 0 Å². The molecule has 0 spiro atoms. The molecule has 4 aromatic rings. The van der Waals surface area contributed by atoms with Gasteiger partial charge in [-0.25, -0.2) is 9.97 Å². The molecule has 0 bridgehead atoms. The van der Waals surface area contributed by atoms with Crippen LogP contribution in [0.4, 0.5) is 11.5 Å². The molecule has 0 aliphatic rings. The van der Waals surface area contributed by atoms with Gasteiger partial charge in [0.25, 0.3) is 0 Å². The number of fused-ring (bicyclic) bond motifs is 1. The minimum absolute atomic E-state index is 0.482. The fourth-order valence-electron chi connectivity index (χ4n) is 2.95. The van der Waals surface area contributed by atoms with Gasteiger partial charge in [-0.3, -0.25) is 9.55 Å². The number of para-hydroxylation sites is 2. The highest BCUT2D eigenvalue weighted by atomic mass is 16.3. The molecular formula is C20H19N5O. The number of benzene rings is 2. The van der Waals surface area contributed by atoms with Crippen LogP contribution in [-0.4, -0.2) is 24.6 Å². The van der Waals surface area contributed by atoms with E-state index in [1.54, 1.807) is 19.3 Å². The van der Waals surface area contributed by atoms with Gasteiger partial charge in [-0.15, -0.1) is 0 Å². The Morgan fingerprint density at radius 2 is 1.77 bits per heavy atom. The molecule has 6 nitrogen and oxygen atoms in total. The highest BCUT2D eigenvalue weighted by molar-refractivity contribution is 5.77. The summed E-state index contributed by atoms with van der Waals surface area (Å²) in [6, 6.07) is 15.6. The molecule has 0 amide bonds. The van der Waals surface area contributed by atoms with Crippen LogP contribution in [0.3, 0.4) is 0 Å². The van der Waals surface area contributed by atoms with Crippen molar-refractivity contribution in [2.45, 2.75) is 20.0 Å². The van der Waals surface area contributed by atoms with E-state index in [-0.39, 0.29) is 0 Å². The molecule has 2 N–H and O–H groups in total. The van der Waals surface area contributed by atoms with Crippen LogP contribution in [0.1, 0.15) is 24.4 Å². The predicted octanol–water partition coefficient (Wildman–Crippen LogP) is 3.92. The topological polar surface area (TPSA) is 75.9 Å². The van der Waals surface area contributed by atoms with Crippen LogP contribution in [0.25, 0.3) is 16.9 Å². The number of anilines is 2. The predicted molar refractivity (Wildman–Crippen MR) is 102 cm³/mol. The van der Waals surface area contributed by atoms with E-state index in [9.17, 15) is 5.11 Å². The number of nitrogens with zero attached hydrogens (tertiary/aromatic N) is 4. The van der Waals surface area contributed by atoms with Crippen LogP contribution in [-0.2, 0) is 0 Å². The summed E-state index contributed by atoms with van der Waals surface area (Å²) in [5, 5.41) is 12.9. The van der Waals surface area contributed by atoms with E-state index in [4.69, 9.17) is 0 Å². The lowest BCUT2D eigenvalue weighted by Crippen LogP contribution is -2.03. The van der Waals surface area contributed by atoms with Crippen LogP contribution in [0.2, 0.25) is 0 Å². The second kappa shape index (κ2) is 6.57. The van der Waals surface area contributed by atoms with E-state index in [2.05, 4.69) is 20.3 Å². The summed E-state index contributed by atoms with van der Waals surface area (Å²) in [5.41, 5.74) is 3.68. The van der Waals surface area contributed by atoms with Gasteiger partial charge in [0, 0.05) is 5.69 Å². The van der Waals surface area contributed by atoms with Crippen molar-refractivity contribution in [2.75, 3.05) is 5.32 Å². The molecule has 0 fully saturated rings. The number of hydrogen-bond acceptors (Lipinski definition) is 5. The number of imidazole rings is 1. The van der Waals surface area contributed by atoms with Gasteiger partial charge in [0.2, 0.25) is 0 Å². The van der Waals surface area contributed by atoms with Crippen molar-refractivity contribution in [3.8, 4) is 5.82 Å². The van der Waals surface area contributed by atoms with Crippen molar-refractivity contribution in [1.82, 2.24) is 19.5 Å². The van der Waals surface area contributed by atoms with Gasteiger partial charge in [-0.05, 0) is 43.7 Å². The van der Waals surface area contributed by atoms with Gasteiger partial charge in [0.15, 0.2) is 11.6 Å². The third-order valence-corrected chi connectivity index (χ3v) is 4.24. The Morgan fingerprint density at radius 1 is 1.00 bits per heavy atom. The molecule has 1 atom stereocenters. The number of rotatable bonds is 4. The number of hydrogen-bond donors (Lipinski definition) is 2. The van der Waals surface area contributed by atoms with Crippen LogP contribution in [0.5, 0.6) is 0 Å². The molecule has 0 saturated carbocycles. The van der Waals surface area contributed by atoms with E-state index >= 15 is 0 Å². The summed E-state index contributed by atoms with van der Waals surface area (Å²) in [5.74, 6) is 2.21. The van der Waals surface area contributed by atoms with E-state index < -0.39 is 6.10 Å². The molecule has 2 aromatic heterocycles. The quantitative estimate of drug-likeness (QED) is 0.586. The van der Waals surface area contributed by atoms with E-state index in [1.807, 2.05) is 60.0 Å². The van der Waals surface area contributed by atoms with E-state index in [0.29, 0.717) is 11.6 Å². The largest absolute Gasteiger partial charge is 0.389 e. The van der Waals surface area contributed by atoms with Crippen molar-refractivity contribution in [3.63, 3.8) is 0 Å². The number of aryl methyl sites for hydroxylation is 1. The number of aliphatic hydroxyl groups excluding tert-OH is 1. The number of aliphatic hydroxyl groups is 1. The monoisotopic (exact) mass is 345 g/mol. The maximum atomic E-state index is 9.61. The molecule has 2 aromatic carbocycles. The van der Waals surface area contributed by atoms with Crippen LogP contribution in [0.15, 0.2) is 60.9 Å². The average Bonchev–Trinajstić information content (AvgIpc) is 2.98. The molecule has 130 valence electrons. The molecule has 6 heteroatoms. The first-order valence-electron chi connectivity index (χ1n) is 8.43. The molecular weight excluding hydrogens is 326 g/mol. The molecule has 0 saturated heterocycles. The van der Waals surface area contributed by atoms with Gasteiger partial charge in [0.05, 0.1) is 29.5 Å².